The second kappa shape index (κ2) is 8.65. The summed E-state index contributed by atoms with van der Waals surface area (Å²) in [6.07, 6.45) is 2.77. The molecule has 0 aliphatic rings. The Morgan fingerprint density at radius 2 is 2.03 bits per heavy atom. The Labute approximate surface area is 186 Å². The van der Waals surface area contributed by atoms with Crippen LogP contribution in [-0.4, -0.2) is 25.4 Å². The number of ether oxygens (including phenoxy) is 1. The quantitative estimate of drug-likeness (QED) is 0.392. The SMILES string of the molecule is CNS(=O)(=O)Nc1nccc(Cc2c(C)c3ccc(Oc4nccs4)cc3oc2=O)c1F. The Hall–Kier alpha value is -3.35. The van der Waals surface area contributed by atoms with Gasteiger partial charge in [-0.25, -0.2) is 23.9 Å². The predicted octanol–water partition coefficient (Wildman–Crippen LogP) is 3.35. The minimum Gasteiger partial charge on any atom is -0.431 e. The normalized spacial score (nSPS) is 11.6. The second-order valence-electron chi connectivity index (χ2n) is 6.67. The van der Waals surface area contributed by atoms with Crippen molar-refractivity contribution in [2.45, 2.75) is 13.3 Å². The fourth-order valence-corrected chi connectivity index (χ4v) is 4.07. The summed E-state index contributed by atoms with van der Waals surface area (Å²) in [5.74, 6) is -0.884. The molecule has 0 amide bonds. The van der Waals surface area contributed by atoms with E-state index in [4.69, 9.17) is 9.15 Å². The van der Waals surface area contributed by atoms with Gasteiger partial charge in [0.1, 0.15) is 11.3 Å². The number of hydrogen-bond donors (Lipinski definition) is 2. The van der Waals surface area contributed by atoms with Crippen molar-refractivity contribution < 1.29 is 22.0 Å². The first-order valence-electron chi connectivity index (χ1n) is 9.26. The van der Waals surface area contributed by atoms with E-state index >= 15 is 0 Å². The van der Waals surface area contributed by atoms with Gasteiger partial charge in [-0.3, -0.25) is 4.72 Å². The smallest absolute Gasteiger partial charge is 0.340 e. The molecule has 2 N–H and O–H groups in total. The van der Waals surface area contributed by atoms with Crippen molar-refractivity contribution >= 4 is 38.3 Å². The van der Waals surface area contributed by atoms with Gasteiger partial charge in [-0.1, -0.05) is 11.3 Å². The lowest BCUT2D eigenvalue weighted by Crippen LogP contribution is -2.27. The molecule has 4 aromatic rings. The molecule has 1 aromatic carbocycles. The van der Waals surface area contributed by atoms with Crippen LogP contribution in [-0.2, 0) is 16.6 Å². The number of rotatable bonds is 7. The number of anilines is 1. The van der Waals surface area contributed by atoms with Crippen molar-refractivity contribution in [1.82, 2.24) is 14.7 Å². The van der Waals surface area contributed by atoms with Crippen LogP contribution < -0.4 is 19.8 Å². The van der Waals surface area contributed by atoms with Crippen molar-refractivity contribution in [2.24, 2.45) is 0 Å². The van der Waals surface area contributed by atoms with Gasteiger partial charge in [0.25, 0.3) is 15.4 Å². The van der Waals surface area contributed by atoms with Crippen LogP contribution in [0.15, 0.2) is 51.3 Å². The monoisotopic (exact) mass is 476 g/mol. The molecule has 12 heteroatoms. The number of aromatic nitrogens is 2. The number of hydrogen-bond acceptors (Lipinski definition) is 8. The highest BCUT2D eigenvalue weighted by Gasteiger charge is 2.19. The fourth-order valence-electron chi connectivity index (χ4n) is 3.06. The molecule has 0 atom stereocenters. The van der Waals surface area contributed by atoms with Crippen LogP contribution in [0.2, 0.25) is 0 Å². The maximum Gasteiger partial charge on any atom is 0.340 e. The number of thiazole rings is 1. The molecule has 3 heterocycles. The number of nitrogens with one attached hydrogen (secondary N) is 2. The lowest BCUT2D eigenvalue weighted by molar-refractivity contribution is 0.476. The zero-order chi connectivity index (χ0) is 22.9. The Morgan fingerprint density at radius 1 is 1.22 bits per heavy atom. The van der Waals surface area contributed by atoms with Crippen LogP contribution in [0.5, 0.6) is 10.9 Å². The number of benzene rings is 1. The highest BCUT2D eigenvalue weighted by Crippen LogP contribution is 2.29. The van der Waals surface area contributed by atoms with E-state index in [0.29, 0.717) is 27.5 Å². The number of fused-ring (bicyclic) bond motifs is 1. The van der Waals surface area contributed by atoms with Crippen molar-refractivity contribution in [3.8, 4) is 10.9 Å². The minimum absolute atomic E-state index is 0.0901. The molecular formula is C20H17FN4O5S2. The second-order valence-corrected chi connectivity index (χ2v) is 9.15. The van der Waals surface area contributed by atoms with Crippen molar-refractivity contribution in [1.29, 1.82) is 0 Å². The molecule has 3 aromatic heterocycles. The number of nitrogens with zero attached hydrogens (tertiary/aromatic N) is 2. The molecule has 0 saturated heterocycles. The van der Waals surface area contributed by atoms with Gasteiger partial charge in [0.15, 0.2) is 11.6 Å². The number of halogens is 1. The van der Waals surface area contributed by atoms with Crippen LogP contribution in [0.25, 0.3) is 11.0 Å². The van der Waals surface area contributed by atoms with E-state index in [9.17, 15) is 17.6 Å². The highest BCUT2D eigenvalue weighted by molar-refractivity contribution is 7.90. The van der Waals surface area contributed by atoms with Gasteiger partial charge in [-0.05, 0) is 36.2 Å². The van der Waals surface area contributed by atoms with E-state index in [1.165, 1.54) is 30.6 Å². The zero-order valence-electron chi connectivity index (χ0n) is 16.9. The van der Waals surface area contributed by atoms with Gasteiger partial charge < -0.3 is 9.15 Å². The molecule has 9 nitrogen and oxygen atoms in total. The third-order valence-corrected chi connectivity index (χ3v) is 6.36. The maximum absolute atomic E-state index is 14.9. The van der Waals surface area contributed by atoms with Crippen LogP contribution in [0.3, 0.4) is 0 Å². The molecule has 166 valence electrons. The van der Waals surface area contributed by atoms with Crippen LogP contribution in [0.4, 0.5) is 10.2 Å². The lowest BCUT2D eigenvalue weighted by Gasteiger charge is -2.12. The van der Waals surface area contributed by atoms with Crippen molar-refractivity contribution in [3.63, 3.8) is 0 Å². The van der Waals surface area contributed by atoms with E-state index in [0.717, 1.165) is 0 Å². The summed E-state index contributed by atoms with van der Waals surface area (Å²) in [5.41, 5.74) is 0.648. The third kappa shape index (κ3) is 4.47. The average Bonchev–Trinajstić information content (AvgIpc) is 3.26. The average molecular weight is 477 g/mol. The Morgan fingerprint density at radius 3 is 2.75 bits per heavy atom. The first kappa shape index (κ1) is 21.9. The molecule has 0 bridgehead atoms. The summed E-state index contributed by atoms with van der Waals surface area (Å²) in [4.78, 5) is 20.5. The lowest BCUT2D eigenvalue weighted by atomic mass is 10.00. The topological polar surface area (TPSA) is 123 Å². The summed E-state index contributed by atoms with van der Waals surface area (Å²) in [6, 6.07) is 6.43. The van der Waals surface area contributed by atoms with Crippen LogP contribution in [0, 0.1) is 12.7 Å². The molecule has 4 rings (SSSR count). The molecule has 0 spiro atoms. The number of pyridine rings is 1. The summed E-state index contributed by atoms with van der Waals surface area (Å²) >= 11 is 1.33. The van der Waals surface area contributed by atoms with E-state index in [1.54, 1.807) is 36.7 Å². The largest absolute Gasteiger partial charge is 0.431 e. The Kier molecular flexibility index (Phi) is 5.91. The fraction of sp³-hybridized carbons (Fsp3) is 0.150. The van der Waals surface area contributed by atoms with Gasteiger partial charge in [0.05, 0.1) is 0 Å². The van der Waals surface area contributed by atoms with Gasteiger partial charge >= 0.3 is 5.63 Å². The highest BCUT2D eigenvalue weighted by atomic mass is 32.2. The molecule has 32 heavy (non-hydrogen) atoms. The zero-order valence-corrected chi connectivity index (χ0v) is 18.5. The predicted molar refractivity (Wildman–Crippen MR) is 118 cm³/mol. The summed E-state index contributed by atoms with van der Waals surface area (Å²) in [6.45, 7) is 1.74. The van der Waals surface area contributed by atoms with Crippen LogP contribution in [0.1, 0.15) is 16.7 Å². The van der Waals surface area contributed by atoms with Gasteiger partial charge in [0.2, 0.25) is 0 Å². The maximum atomic E-state index is 14.9. The summed E-state index contributed by atoms with van der Waals surface area (Å²) in [7, 11) is -2.77. The first-order chi connectivity index (χ1) is 15.3. The van der Waals surface area contributed by atoms with E-state index < -0.39 is 27.5 Å². The summed E-state index contributed by atoms with van der Waals surface area (Å²) < 4.78 is 53.3. The van der Waals surface area contributed by atoms with Gasteiger partial charge in [0, 0.05) is 48.3 Å². The Bertz CT molecular complexity index is 1450. The minimum atomic E-state index is -3.95. The molecule has 0 saturated carbocycles. The van der Waals surface area contributed by atoms with Gasteiger partial charge in [-0.2, -0.15) is 8.42 Å². The van der Waals surface area contributed by atoms with Crippen LogP contribution >= 0.6 is 11.3 Å². The van der Waals surface area contributed by atoms with Gasteiger partial charge in [-0.15, -0.1) is 0 Å². The summed E-state index contributed by atoms with van der Waals surface area (Å²) in [5, 5.41) is 2.90. The molecule has 0 fully saturated rings. The number of aryl methyl sites for hydroxylation is 1. The molecule has 0 aliphatic heterocycles. The first-order valence-corrected chi connectivity index (χ1v) is 11.6. The molecule has 0 radical (unpaired) electrons. The third-order valence-electron chi connectivity index (χ3n) is 4.71. The van der Waals surface area contributed by atoms with Crippen molar-refractivity contribution in [3.05, 3.63) is 75.0 Å². The van der Waals surface area contributed by atoms with E-state index in [2.05, 4.69) is 9.97 Å². The molecule has 0 unspecified atom stereocenters. The molecule has 0 aliphatic carbocycles. The standard InChI is InChI=1S/C20H17FN4O5S2/c1-11-14-4-3-13(29-20-24-7-8-31-20)10-16(14)30-19(26)15(11)9-12-5-6-23-18(17(12)21)25-32(27,28)22-2/h3-8,10,22H,9H2,1-2H3,(H,23,25). The molecular weight excluding hydrogens is 459 g/mol. The van der Waals surface area contributed by atoms with E-state index in [1.807, 2.05) is 9.44 Å². The van der Waals surface area contributed by atoms with Crippen molar-refractivity contribution in [2.75, 3.05) is 11.8 Å². The Balaban J connectivity index is 1.69. The van der Waals surface area contributed by atoms with E-state index in [-0.39, 0.29) is 17.5 Å².